The van der Waals surface area contributed by atoms with Crippen LogP contribution in [0, 0.1) is 0 Å². The molecule has 0 saturated carbocycles. The number of nitrogens with one attached hydrogen (secondary N) is 3. The van der Waals surface area contributed by atoms with E-state index >= 15 is 0 Å². The number of ether oxygens (including phenoxy) is 2. The van der Waals surface area contributed by atoms with Gasteiger partial charge in [0.15, 0.2) is 11.7 Å². The number of hydrogen-bond acceptors (Lipinski definition) is 5. The third kappa shape index (κ3) is 7.88. The van der Waals surface area contributed by atoms with Crippen molar-refractivity contribution in [2.24, 2.45) is 0 Å². The molecule has 0 saturated heterocycles. The van der Waals surface area contributed by atoms with Crippen LogP contribution in [0.1, 0.15) is 23.7 Å². The molecule has 154 valence electrons. The van der Waals surface area contributed by atoms with Crippen LogP contribution in [0.3, 0.4) is 0 Å². The van der Waals surface area contributed by atoms with Crippen molar-refractivity contribution < 1.29 is 19.1 Å². The van der Waals surface area contributed by atoms with Crippen LogP contribution in [-0.2, 0) is 4.79 Å². The SMILES string of the molecule is CCCOc1cccc(C(=O)NC(=S)NNC(=O)COc2ccc(Br)cc2Cl)c1. The van der Waals surface area contributed by atoms with Crippen LogP contribution in [0.2, 0.25) is 5.02 Å². The van der Waals surface area contributed by atoms with Gasteiger partial charge >= 0.3 is 0 Å². The van der Waals surface area contributed by atoms with Crippen molar-refractivity contribution in [2.75, 3.05) is 13.2 Å². The van der Waals surface area contributed by atoms with Crippen molar-refractivity contribution in [3.63, 3.8) is 0 Å². The summed E-state index contributed by atoms with van der Waals surface area (Å²) < 4.78 is 11.6. The van der Waals surface area contributed by atoms with E-state index in [-0.39, 0.29) is 11.7 Å². The molecule has 2 rings (SSSR count). The second kappa shape index (κ2) is 11.6. The number of amides is 2. The molecule has 10 heteroatoms. The number of hydrogen-bond donors (Lipinski definition) is 3. The summed E-state index contributed by atoms with van der Waals surface area (Å²) in [6, 6.07) is 11.7. The van der Waals surface area contributed by atoms with E-state index in [0.717, 1.165) is 10.9 Å². The topological polar surface area (TPSA) is 88.7 Å². The molecule has 0 unspecified atom stereocenters. The molecule has 0 aliphatic carbocycles. The summed E-state index contributed by atoms with van der Waals surface area (Å²) in [6.07, 6.45) is 0.863. The van der Waals surface area contributed by atoms with Crippen molar-refractivity contribution in [3.8, 4) is 11.5 Å². The number of benzene rings is 2. The Kier molecular flexibility index (Phi) is 9.17. The van der Waals surface area contributed by atoms with E-state index in [1.54, 1.807) is 42.5 Å². The first-order chi connectivity index (χ1) is 13.9. The first-order valence-electron chi connectivity index (χ1n) is 8.60. The molecule has 0 fully saturated rings. The highest BCUT2D eigenvalue weighted by atomic mass is 79.9. The zero-order valence-corrected chi connectivity index (χ0v) is 18.6. The molecule has 7 nitrogen and oxygen atoms in total. The normalized spacial score (nSPS) is 10.0. The molecular formula is C19H19BrClN3O4S. The smallest absolute Gasteiger partial charge is 0.276 e. The largest absolute Gasteiger partial charge is 0.494 e. The first kappa shape index (κ1) is 22.9. The molecule has 0 aliphatic heterocycles. The fourth-order valence-electron chi connectivity index (χ4n) is 2.05. The van der Waals surface area contributed by atoms with Crippen molar-refractivity contribution in [3.05, 3.63) is 57.5 Å². The molecule has 0 bridgehead atoms. The summed E-state index contributed by atoms with van der Waals surface area (Å²) >= 11 is 14.3. The van der Waals surface area contributed by atoms with Gasteiger partial charge in [0.05, 0.1) is 11.6 Å². The number of rotatable bonds is 7. The van der Waals surface area contributed by atoms with Gasteiger partial charge in [-0.1, -0.05) is 40.5 Å². The van der Waals surface area contributed by atoms with Gasteiger partial charge in [-0.25, -0.2) is 0 Å². The van der Waals surface area contributed by atoms with Crippen LogP contribution in [-0.4, -0.2) is 30.1 Å². The molecule has 0 radical (unpaired) electrons. The van der Waals surface area contributed by atoms with E-state index < -0.39 is 11.8 Å². The highest BCUT2D eigenvalue weighted by molar-refractivity contribution is 9.10. The Bertz CT molecular complexity index is 898. The van der Waals surface area contributed by atoms with Gasteiger partial charge in [-0.3, -0.25) is 25.8 Å². The number of hydrazine groups is 1. The number of carbonyl (C=O) groups is 2. The van der Waals surface area contributed by atoms with E-state index in [9.17, 15) is 9.59 Å². The standard InChI is InChI=1S/C19H19BrClN3O4S/c1-2-8-27-14-5-3-4-12(9-14)18(26)22-19(29)24-23-17(25)11-28-16-7-6-13(20)10-15(16)21/h3-7,9-10H,2,8,11H2,1H3,(H,23,25)(H2,22,24,26,29). The van der Waals surface area contributed by atoms with E-state index in [2.05, 4.69) is 32.1 Å². The van der Waals surface area contributed by atoms with E-state index in [4.69, 9.17) is 33.3 Å². The molecule has 0 aliphatic rings. The van der Waals surface area contributed by atoms with Gasteiger partial charge in [-0.05, 0) is 55.0 Å². The third-order valence-corrected chi connectivity index (χ3v) is 4.36. The summed E-state index contributed by atoms with van der Waals surface area (Å²) in [6.45, 7) is 2.26. The molecule has 0 aromatic heterocycles. The van der Waals surface area contributed by atoms with Crippen LogP contribution in [0.4, 0.5) is 0 Å². The second-order valence-corrected chi connectivity index (χ2v) is 7.43. The average molecular weight is 501 g/mol. The van der Waals surface area contributed by atoms with Gasteiger partial charge < -0.3 is 9.47 Å². The number of halogens is 2. The van der Waals surface area contributed by atoms with Crippen LogP contribution >= 0.6 is 39.7 Å². The lowest BCUT2D eigenvalue weighted by Gasteiger charge is -2.12. The minimum atomic E-state index is -0.504. The van der Waals surface area contributed by atoms with E-state index in [0.29, 0.717) is 28.7 Å². The maximum absolute atomic E-state index is 12.3. The zero-order chi connectivity index (χ0) is 21.2. The summed E-state index contributed by atoms with van der Waals surface area (Å²) in [5.74, 6) is 0.0219. The summed E-state index contributed by atoms with van der Waals surface area (Å²) in [5, 5.41) is 2.77. The van der Waals surface area contributed by atoms with Gasteiger partial charge in [0.2, 0.25) is 0 Å². The Hall–Kier alpha value is -2.36. The highest BCUT2D eigenvalue weighted by Crippen LogP contribution is 2.27. The zero-order valence-electron chi connectivity index (χ0n) is 15.5. The molecule has 2 aromatic carbocycles. The van der Waals surface area contributed by atoms with Gasteiger partial charge in [0.25, 0.3) is 11.8 Å². The Labute approximate surface area is 187 Å². The minimum absolute atomic E-state index is 0.0649. The van der Waals surface area contributed by atoms with Crippen LogP contribution in [0.5, 0.6) is 11.5 Å². The number of thiocarbonyl (C=S) groups is 1. The molecule has 0 heterocycles. The summed E-state index contributed by atoms with van der Waals surface area (Å²) in [5.41, 5.74) is 5.15. The van der Waals surface area contributed by atoms with Gasteiger partial charge in [-0.2, -0.15) is 0 Å². The predicted octanol–water partition coefficient (Wildman–Crippen LogP) is 3.61. The van der Waals surface area contributed by atoms with Crippen LogP contribution < -0.4 is 25.6 Å². The lowest BCUT2D eigenvalue weighted by Crippen LogP contribution is -2.49. The average Bonchev–Trinajstić information content (AvgIpc) is 2.70. The third-order valence-electron chi connectivity index (χ3n) is 3.36. The Balaban J connectivity index is 1.77. The molecule has 2 aromatic rings. The molecular weight excluding hydrogens is 482 g/mol. The van der Waals surface area contributed by atoms with Crippen LogP contribution in [0.15, 0.2) is 46.9 Å². The number of carbonyl (C=O) groups excluding carboxylic acids is 2. The monoisotopic (exact) mass is 499 g/mol. The second-order valence-electron chi connectivity index (χ2n) is 5.70. The van der Waals surface area contributed by atoms with Gasteiger partial charge in [0, 0.05) is 10.0 Å². The maximum atomic E-state index is 12.3. The Morgan fingerprint density at radius 2 is 1.93 bits per heavy atom. The Morgan fingerprint density at radius 1 is 1.14 bits per heavy atom. The van der Waals surface area contributed by atoms with E-state index in [1.165, 1.54) is 0 Å². The molecule has 2 amide bonds. The highest BCUT2D eigenvalue weighted by Gasteiger charge is 2.10. The van der Waals surface area contributed by atoms with Gasteiger partial charge in [-0.15, -0.1) is 0 Å². The molecule has 3 N–H and O–H groups in total. The molecule has 29 heavy (non-hydrogen) atoms. The lowest BCUT2D eigenvalue weighted by atomic mass is 10.2. The van der Waals surface area contributed by atoms with Crippen molar-refractivity contribution in [1.82, 2.24) is 16.2 Å². The molecule has 0 spiro atoms. The van der Waals surface area contributed by atoms with Crippen LogP contribution in [0.25, 0.3) is 0 Å². The summed E-state index contributed by atoms with van der Waals surface area (Å²) in [7, 11) is 0. The molecule has 0 atom stereocenters. The van der Waals surface area contributed by atoms with E-state index in [1.807, 2.05) is 6.92 Å². The van der Waals surface area contributed by atoms with Crippen molar-refractivity contribution in [1.29, 1.82) is 0 Å². The van der Waals surface area contributed by atoms with Crippen molar-refractivity contribution >= 4 is 56.7 Å². The predicted molar refractivity (Wildman–Crippen MR) is 118 cm³/mol. The Morgan fingerprint density at radius 3 is 2.66 bits per heavy atom. The van der Waals surface area contributed by atoms with Crippen molar-refractivity contribution in [2.45, 2.75) is 13.3 Å². The fourth-order valence-corrected chi connectivity index (χ4v) is 2.92. The van der Waals surface area contributed by atoms with Gasteiger partial charge in [0.1, 0.15) is 11.5 Å². The first-order valence-corrected chi connectivity index (χ1v) is 10.2. The maximum Gasteiger partial charge on any atom is 0.276 e. The quantitative estimate of drug-likeness (QED) is 0.398. The fraction of sp³-hybridized carbons (Fsp3) is 0.211. The minimum Gasteiger partial charge on any atom is -0.494 e. The summed E-state index contributed by atoms with van der Waals surface area (Å²) in [4.78, 5) is 24.1. The lowest BCUT2D eigenvalue weighted by molar-refractivity contribution is -0.123.